The molecule has 0 saturated heterocycles. The van der Waals surface area contributed by atoms with Crippen LogP contribution in [0.4, 0.5) is 0 Å². The molecule has 284 valence electrons. The lowest BCUT2D eigenvalue weighted by Gasteiger charge is -2.54. The fourth-order valence-corrected chi connectivity index (χ4v) is 8.40. The number of primary amides is 1. The van der Waals surface area contributed by atoms with Gasteiger partial charge >= 0.3 is 0 Å². The third kappa shape index (κ3) is 6.74. The van der Waals surface area contributed by atoms with Gasteiger partial charge in [-0.15, -0.1) is 0 Å². The van der Waals surface area contributed by atoms with Gasteiger partial charge < -0.3 is 20.8 Å². The Hall–Kier alpha value is -5.82. The summed E-state index contributed by atoms with van der Waals surface area (Å²) in [7, 11) is 0. The predicted molar refractivity (Wildman–Crippen MR) is 221 cm³/mol. The Morgan fingerprint density at radius 2 is 0.804 bits per heavy atom. The van der Waals surface area contributed by atoms with Crippen LogP contribution in [-0.2, 0) is 20.8 Å². The number of aliphatic hydroxyl groups is 2. The molecule has 0 bridgehead atoms. The maximum absolute atomic E-state index is 16.2. The van der Waals surface area contributed by atoms with Gasteiger partial charge in [-0.2, -0.15) is 0 Å². The summed E-state index contributed by atoms with van der Waals surface area (Å²) in [5.74, 6) is -1.27. The summed E-state index contributed by atoms with van der Waals surface area (Å²) in [5, 5.41) is 28.1. The smallest absolute Gasteiger partial charge is 0.239 e. The second kappa shape index (κ2) is 15.4. The minimum absolute atomic E-state index is 0.252. The number of nitrogens with zero attached hydrogens (tertiary/aromatic N) is 1. The van der Waals surface area contributed by atoms with E-state index >= 15 is 4.79 Å². The molecule has 1 saturated carbocycles. The van der Waals surface area contributed by atoms with Crippen molar-refractivity contribution in [3.8, 4) is 0 Å². The van der Waals surface area contributed by atoms with E-state index in [0.29, 0.717) is 39.8 Å². The van der Waals surface area contributed by atoms with Crippen LogP contribution < -0.4 is 5.73 Å². The van der Waals surface area contributed by atoms with Crippen LogP contribution in [0.1, 0.15) is 87.0 Å². The van der Waals surface area contributed by atoms with Crippen molar-refractivity contribution in [3.05, 3.63) is 213 Å². The maximum atomic E-state index is 16.2. The van der Waals surface area contributed by atoms with E-state index in [9.17, 15) is 15.0 Å². The Labute approximate surface area is 330 Å². The number of rotatable bonds is 12. The summed E-state index contributed by atoms with van der Waals surface area (Å²) in [4.78, 5) is 31.5. The number of hydrogen-bond donors (Lipinski definition) is 3. The Morgan fingerprint density at radius 1 is 0.518 bits per heavy atom. The summed E-state index contributed by atoms with van der Waals surface area (Å²) >= 11 is 0. The molecule has 1 aliphatic rings. The molecule has 2 atom stereocenters. The molecule has 0 heterocycles. The molecule has 1 aliphatic carbocycles. The quantitative estimate of drug-likeness (QED) is 0.109. The summed E-state index contributed by atoms with van der Waals surface area (Å²) < 4.78 is 0. The molecule has 0 radical (unpaired) electrons. The van der Waals surface area contributed by atoms with Crippen LogP contribution in [-0.4, -0.2) is 26.9 Å². The minimum atomic E-state index is -1.92. The van der Waals surface area contributed by atoms with Crippen LogP contribution in [0.15, 0.2) is 158 Å². The van der Waals surface area contributed by atoms with Gasteiger partial charge in [-0.1, -0.05) is 186 Å². The van der Waals surface area contributed by atoms with E-state index in [1.165, 1.54) is 0 Å². The van der Waals surface area contributed by atoms with E-state index in [0.717, 1.165) is 22.3 Å². The first-order chi connectivity index (χ1) is 26.9. The van der Waals surface area contributed by atoms with Crippen molar-refractivity contribution in [3.63, 3.8) is 0 Å². The Bertz CT molecular complexity index is 2050. The zero-order valence-corrected chi connectivity index (χ0v) is 32.5. The number of hydrogen-bond acceptors (Lipinski definition) is 4. The molecule has 7 rings (SSSR count). The van der Waals surface area contributed by atoms with Gasteiger partial charge in [-0.25, -0.2) is 0 Å². The van der Waals surface area contributed by atoms with Crippen molar-refractivity contribution < 1.29 is 19.8 Å². The molecule has 6 nitrogen and oxygen atoms in total. The summed E-state index contributed by atoms with van der Waals surface area (Å²) in [6.07, 6.45) is 1.14. The van der Waals surface area contributed by atoms with Crippen molar-refractivity contribution in [2.45, 2.75) is 70.2 Å². The average molecular weight is 743 g/mol. The van der Waals surface area contributed by atoms with Crippen LogP contribution in [0.5, 0.6) is 0 Å². The van der Waals surface area contributed by atoms with E-state index < -0.39 is 40.5 Å². The molecule has 0 aliphatic heterocycles. The van der Waals surface area contributed by atoms with Gasteiger partial charge in [-0.3, -0.25) is 9.59 Å². The van der Waals surface area contributed by atoms with Crippen LogP contribution in [0.3, 0.4) is 0 Å². The third-order valence-electron chi connectivity index (χ3n) is 11.9. The molecular weight excluding hydrogens is 693 g/mol. The first-order valence-electron chi connectivity index (χ1n) is 19.4. The highest BCUT2D eigenvalue weighted by molar-refractivity contribution is 6.05. The number of amides is 2. The molecule has 0 spiro atoms. The first-order valence-corrected chi connectivity index (χ1v) is 19.4. The molecule has 6 heteroatoms. The molecule has 4 N–H and O–H groups in total. The lowest BCUT2D eigenvalue weighted by Crippen LogP contribution is -2.61. The van der Waals surface area contributed by atoms with Crippen molar-refractivity contribution in [1.29, 1.82) is 0 Å². The van der Waals surface area contributed by atoms with Gasteiger partial charge in [0.2, 0.25) is 11.8 Å². The van der Waals surface area contributed by atoms with E-state index in [1.807, 2.05) is 185 Å². The molecule has 56 heavy (non-hydrogen) atoms. The standard InChI is InChI=1S/C50H50N2O4/c1-34-16-24-40(25-17-34)49(55,41-26-18-35(2)19-27-41)44(38-12-7-5-8-13-38)52(47(54)48(46(51)53)32-11-33-48)45(39-14-9-6-10-15-39)50(56,42-28-20-36(3)21-29-42)43-30-22-37(4)23-31-43/h5-10,12-31,44-45,55-56H,11,32-33H2,1-4H3,(H2,51,53)/t44-,45-/m1/s1. The highest BCUT2D eigenvalue weighted by atomic mass is 16.3. The SMILES string of the molecule is Cc1ccc(C(O)(c2ccc(C)cc2)[C@@H](c2ccccc2)N(C(=O)C2(C(N)=O)CCC2)[C@H](c2ccccc2)C(O)(c2ccc(C)cc2)c2ccc(C)cc2)cc1. The average Bonchev–Trinajstić information content (AvgIpc) is 3.18. The number of nitrogens with two attached hydrogens (primary N) is 1. The summed E-state index contributed by atoms with van der Waals surface area (Å²) in [6, 6.07) is 47.2. The van der Waals surface area contributed by atoms with Crippen LogP contribution in [0.25, 0.3) is 0 Å². The predicted octanol–water partition coefficient (Wildman–Crippen LogP) is 9.06. The van der Waals surface area contributed by atoms with Crippen LogP contribution >= 0.6 is 0 Å². The number of carbonyl (C=O) groups excluding carboxylic acids is 2. The van der Waals surface area contributed by atoms with Gasteiger partial charge in [0.05, 0.1) is 12.1 Å². The van der Waals surface area contributed by atoms with Crippen molar-refractivity contribution >= 4 is 11.8 Å². The normalized spacial score (nSPS) is 15.0. The molecule has 6 aromatic carbocycles. The number of carbonyl (C=O) groups is 2. The van der Waals surface area contributed by atoms with Crippen molar-refractivity contribution in [2.75, 3.05) is 0 Å². The van der Waals surface area contributed by atoms with Gasteiger partial charge in [0.1, 0.15) is 16.6 Å². The molecule has 1 fully saturated rings. The Balaban J connectivity index is 1.66. The van der Waals surface area contributed by atoms with E-state index in [2.05, 4.69) is 0 Å². The fourth-order valence-electron chi connectivity index (χ4n) is 8.40. The zero-order chi connectivity index (χ0) is 39.7. The molecule has 6 aromatic rings. The van der Waals surface area contributed by atoms with E-state index in [-0.39, 0.29) is 12.8 Å². The van der Waals surface area contributed by atoms with Gasteiger partial charge in [-0.05, 0) is 73.9 Å². The Kier molecular flexibility index (Phi) is 10.6. The third-order valence-corrected chi connectivity index (χ3v) is 11.9. The second-order valence-electron chi connectivity index (χ2n) is 15.6. The lowest BCUT2D eigenvalue weighted by molar-refractivity contribution is -0.173. The van der Waals surface area contributed by atoms with E-state index in [4.69, 9.17) is 5.73 Å². The largest absolute Gasteiger partial charge is 0.378 e. The highest BCUT2D eigenvalue weighted by Crippen LogP contribution is 2.56. The Morgan fingerprint density at radius 3 is 1.04 bits per heavy atom. The molecule has 0 aromatic heterocycles. The zero-order valence-electron chi connectivity index (χ0n) is 32.5. The molecule has 0 unspecified atom stereocenters. The molecule has 2 amide bonds. The summed E-state index contributed by atoms with van der Waals surface area (Å²) in [5.41, 5.74) is 8.26. The second-order valence-corrected chi connectivity index (χ2v) is 15.6. The van der Waals surface area contributed by atoms with Gasteiger partial charge in [0.25, 0.3) is 0 Å². The van der Waals surface area contributed by atoms with Crippen LogP contribution in [0, 0.1) is 33.1 Å². The number of benzene rings is 6. The summed E-state index contributed by atoms with van der Waals surface area (Å²) in [6.45, 7) is 7.95. The van der Waals surface area contributed by atoms with Gasteiger partial charge in [0, 0.05) is 0 Å². The van der Waals surface area contributed by atoms with Crippen molar-refractivity contribution in [1.82, 2.24) is 4.90 Å². The van der Waals surface area contributed by atoms with Crippen molar-refractivity contribution in [2.24, 2.45) is 11.1 Å². The number of aryl methyl sites for hydroxylation is 4. The topological polar surface area (TPSA) is 104 Å². The maximum Gasteiger partial charge on any atom is 0.239 e. The lowest BCUT2D eigenvalue weighted by atomic mass is 9.64. The monoisotopic (exact) mass is 742 g/mol. The van der Waals surface area contributed by atoms with Gasteiger partial charge in [0.15, 0.2) is 0 Å². The first kappa shape index (κ1) is 38.5. The highest BCUT2D eigenvalue weighted by Gasteiger charge is 2.60. The minimum Gasteiger partial charge on any atom is -0.378 e. The fraction of sp³-hybridized carbons (Fsp3) is 0.240. The van der Waals surface area contributed by atoms with E-state index in [1.54, 1.807) is 4.90 Å². The molecular formula is C50H50N2O4. The van der Waals surface area contributed by atoms with Crippen LogP contribution in [0.2, 0.25) is 0 Å².